The van der Waals surface area contributed by atoms with Crippen LogP contribution in [0.1, 0.15) is 25.7 Å². The molecule has 82 valence electrons. The normalized spacial score (nSPS) is 30.4. The van der Waals surface area contributed by atoms with Crippen LogP contribution in [0.4, 0.5) is 0 Å². The molecule has 1 unspecified atom stereocenters. The fourth-order valence-electron chi connectivity index (χ4n) is 1.72. The van der Waals surface area contributed by atoms with Crippen LogP contribution in [-0.4, -0.2) is 36.9 Å². The third-order valence-electron chi connectivity index (χ3n) is 2.61. The van der Waals surface area contributed by atoms with E-state index in [1.165, 1.54) is 25.7 Å². The summed E-state index contributed by atoms with van der Waals surface area (Å²) in [6.45, 7) is 3.85. The maximum atomic E-state index is 5.46. The lowest BCUT2D eigenvalue weighted by Crippen LogP contribution is -2.20. The first-order valence-corrected chi connectivity index (χ1v) is 7.70. The fourth-order valence-corrected chi connectivity index (χ4v) is 4.81. The summed E-state index contributed by atoms with van der Waals surface area (Å²) in [4.78, 5) is 0. The Morgan fingerprint density at radius 3 is 2.29 bits per heavy atom. The van der Waals surface area contributed by atoms with Gasteiger partial charge in [0.25, 0.3) is 0 Å². The van der Waals surface area contributed by atoms with Gasteiger partial charge in [-0.1, -0.05) is 21.6 Å². The van der Waals surface area contributed by atoms with Crippen LogP contribution in [-0.2, 0) is 9.47 Å². The van der Waals surface area contributed by atoms with Crippen LogP contribution in [0.5, 0.6) is 0 Å². The van der Waals surface area contributed by atoms with Gasteiger partial charge in [-0.25, -0.2) is 0 Å². The Hall–Kier alpha value is 0.620. The molecule has 0 aromatic rings. The summed E-state index contributed by atoms with van der Waals surface area (Å²) < 4.78 is 10.8. The number of hydrogen-bond donors (Lipinski definition) is 0. The maximum absolute atomic E-state index is 5.46. The van der Waals surface area contributed by atoms with Crippen molar-refractivity contribution < 1.29 is 9.47 Å². The summed E-state index contributed by atoms with van der Waals surface area (Å²) in [7, 11) is 4.10. The van der Waals surface area contributed by atoms with E-state index in [0.717, 1.165) is 36.9 Å². The first kappa shape index (κ1) is 11.1. The Balaban J connectivity index is 1.60. The van der Waals surface area contributed by atoms with Crippen molar-refractivity contribution in [3.63, 3.8) is 0 Å². The van der Waals surface area contributed by atoms with Gasteiger partial charge >= 0.3 is 0 Å². The molecule has 0 radical (unpaired) electrons. The van der Waals surface area contributed by atoms with Gasteiger partial charge in [0.05, 0.1) is 6.61 Å². The monoisotopic (exact) mass is 234 g/mol. The molecule has 0 bridgehead atoms. The highest BCUT2D eigenvalue weighted by Crippen LogP contribution is 2.38. The van der Waals surface area contributed by atoms with Gasteiger partial charge in [-0.05, 0) is 25.7 Å². The minimum absolute atomic E-state index is 0.733. The van der Waals surface area contributed by atoms with Crippen LogP contribution in [0.2, 0.25) is 0 Å². The zero-order chi connectivity index (χ0) is 9.64. The summed E-state index contributed by atoms with van der Waals surface area (Å²) in [5.41, 5.74) is 0. The number of ether oxygens (including phenoxy) is 2. The fraction of sp³-hybridized carbons (Fsp3) is 1.00. The van der Waals surface area contributed by atoms with Crippen molar-refractivity contribution in [2.75, 3.05) is 26.4 Å². The Morgan fingerprint density at radius 2 is 1.57 bits per heavy atom. The average molecular weight is 234 g/mol. The molecule has 0 N–H and O–H groups in total. The van der Waals surface area contributed by atoms with E-state index in [2.05, 4.69) is 10.8 Å². The Labute approximate surface area is 93.9 Å². The van der Waals surface area contributed by atoms with E-state index >= 15 is 0 Å². The molecule has 2 nitrogen and oxygen atoms in total. The SMILES string of the molecule is C1COCC(SSC2CCOCC2)C1. The minimum Gasteiger partial charge on any atom is -0.381 e. The second-order valence-corrected chi connectivity index (χ2v) is 6.72. The predicted octanol–water partition coefficient (Wildman–Crippen LogP) is 2.73. The smallest absolute Gasteiger partial charge is 0.0593 e. The summed E-state index contributed by atoms with van der Waals surface area (Å²) in [5.74, 6) is 0. The van der Waals surface area contributed by atoms with Crippen molar-refractivity contribution in [3.8, 4) is 0 Å². The summed E-state index contributed by atoms with van der Waals surface area (Å²) in [6, 6.07) is 0. The average Bonchev–Trinajstić information content (AvgIpc) is 2.29. The zero-order valence-corrected chi connectivity index (χ0v) is 10.1. The maximum Gasteiger partial charge on any atom is 0.0593 e. The van der Waals surface area contributed by atoms with Crippen molar-refractivity contribution >= 4 is 21.6 Å². The summed E-state index contributed by atoms with van der Waals surface area (Å²) in [6.07, 6.45) is 5.03. The van der Waals surface area contributed by atoms with Crippen molar-refractivity contribution in [1.29, 1.82) is 0 Å². The van der Waals surface area contributed by atoms with Gasteiger partial charge in [-0.2, -0.15) is 0 Å². The Bertz CT molecular complexity index is 136. The topological polar surface area (TPSA) is 18.5 Å². The molecule has 14 heavy (non-hydrogen) atoms. The molecule has 0 saturated carbocycles. The number of hydrogen-bond acceptors (Lipinski definition) is 4. The molecule has 2 aliphatic heterocycles. The lowest BCUT2D eigenvalue weighted by Gasteiger charge is -2.25. The van der Waals surface area contributed by atoms with E-state index < -0.39 is 0 Å². The van der Waals surface area contributed by atoms with Crippen LogP contribution in [0, 0.1) is 0 Å². The molecule has 2 heterocycles. The van der Waals surface area contributed by atoms with Crippen molar-refractivity contribution in [1.82, 2.24) is 0 Å². The van der Waals surface area contributed by atoms with E-state index in [1.807, 2.05) is 10.8 Å². The van der Waals surface area contributed by atoms with Gasteiger partial charge in [0.1, 0.15) is 0 Å². The van der Waals surface area contributed by atoms with Crippen molar-refractivity contribution in [2.45, 2.75) is 36.2 Å². The van der Waals surface area contributed by atoms with Gasteiger partial charge in [0.15, 0.2) is 0 Å². The molecular weight excluding hydrogens is 216 g/mol. The first-order valence-electron chi connectivity index (χ1n) is 5.43. The molecule has 2 fully saturated rings. The molecule has 2 rings (SSSR count). The molecule has 0 amide bonds. The van der Waals surface area contributed by atoms with Crippen LogP contribution < -0.4 is 0 Å². The second-order valence-electron chi connectivity index (χ2n) is 3.84. The third-order valence-corrected chi connectivity index (χ3v) is 6.08. The van der Waals surface area contributed by atoms with Gasteiger partial charge < -0.3 is 9.47 Å². The van der Waals surface area contributed by atoms with Gasteiger partial charge in [0.2, 0.25) is 0 Å². The molecule has 0 spiro atoms. The molecule has 0 aromatic heterocycles. The standard InChI is InChI=1S/C10H18O2S2/c1-2-10(8-12-5-1)14-13-9-3-6-11-7-4-9/h9-10H,1-8H2. The highest BCUT2D eigenvalue weighted by Gasteiger charge is 2.19. The highest BCUT2D eigenvalue weighted by atomic mass is 33.1. The molecule has 0 aromatic carbocycles. The summed E-state index contributed by atoms with van der Waals surface area (Å²) in [5, 5.41) is 1.55. The van der Waals surface area contributed by atoms with Crippen molar-refractivity contribution in [3.05, 3.63) is 0 Å². The Kier molecular flexibility index (Phi) is 4.97. The lowest BCUT2D eigenvalue weighted by molar-refractivity contribution is 0.1000. The predicted molar refractivity (Wildman–Crippen MR) is 62.9 cm³/mol. The molecule has 1 atom stereocenters. The van der Waals surface area contributed by atoms with E-state index in [1.54, 1.807) is 0 Å². The van der Waals surface area contributed by atoms with Crippen LogP contribution >= 0.6 is 21.6 Å². The van der Waals surface area contributed by atoms with Gasteiger partial charge in [-0.3, -0.25) is 0 Å². The van der Waals surface area contributed by atoms with E-state index in [0.29, 0.717) is 0 Å². The van der Waals surface area contributed by atoms with E-state index in [-0.39, 0.29) is 0 Å². The van der Waals surface area contributed by atoms with Crippen LogP contribution in [0.15, 0.2) is 0 Å². The van der Waals surface area contributed by atoms with Crippen molar-refractivity contribution in [2.24, 2.45) is 0 Å². The molecule has 2 aliphatic rings. The molecule has 2 saturated heterocycles. The van der Waals surface area contributed by atoms with Crippen LogP contribution in [0.3, 0.4) is 0 Å². The highest BCUT2D eigenvalue weighted by molar-refractivity contribution is 8.77. The lowest BCUT2D eigenvalue weighted by atomic mass is 10.2. The number of rotatable bonds is 3. The first-order chi connectivity index (χ1) is 6.95. The quantitative estimate of drug-likeness (QED) is 0.699. The van der Waals surface area contributed by atoms with Crippen LogP contribution in [0.25, 0.3) is 0 Å². The zero-order valence-electron chi connectivity index (χ0n) is 8.44. The van der Waals surface area contributed by atoms with Gasteiger partial charge in [-0.15, -0.1) is 0 Å². The largest absolute Gasteiger partial charge is 0.381 e. The third kappa shape index (κ3) is 3.65. The van der Waals surface area contributed by atoms with E-state index in [9.17, 15) is 0 Å². The van der Waals surface area contributed by atoms with E-state index in [4.69, 9.17) is 9.47 Å². The molecular formula is C10H18O2S2. The summed E-state index contributed by atoms with van der Waals surface area (Å²) >= 11 is 0. The minimum atomic E-state index is 0.733. The second kappa shape index (κ2) is 6.26. The van der Waals surface area contributed by atoms with Gasteiger partial charge in [0, 0.05) is 30.3 Å². The molecule has 4 heteroatoms. The molecule has 0 aliphatic carbocycles. The Morgan fingerprint density at radius 1 is 0.786 bits per heavy atom.